The van der Waals surface area contributed by atoms with Crippen molar-refractivity contribution in [2.75, 3.05) is 13.7 Å². The number of rotatable bonds is 6. The monoisotopic (exact) mass is 410 g/mol. The number of ether oxygens (including phenoxy) is 2. The lowest BCUT2D eigenvalue weighted by Gasteiger charge is -2.00. The molecular formula is C21H18N2O5S. The SMILES string of the molecule is C=CCOC(=O)/C(C#N)=c1\sc(=C=Cc2ccc(C(=O)OC)cc2)c(=O)n1CC. The third kappa shape index (κ3) is 4.99. The van der Waals surface area contributed by atoms with Crippen LogP contribution in [0.1, 0.15) is 22.8 Å². The van der Waals surface area contributed by atoms with E-state index in [1.807, 2.05) is 6.07 Å². The van der Waals surface area contributed by atoms with Crippen molar-refractivity contribution in [3.8, 4) is 6.07 Å². The Balaban J connectivity index is 2.59. The zero-order chi connectivity index (χ0) is 21.4. The number of carbonyl (C=O) groups is 2. The molecule has 0 radical (unpaired) electrons. The van der Waals surface area contributed by atoms with Crippen LogP contribution < -0.4 is 14.8 Å². The molecule has 1 heterocycles. The molecule has 0 N–H and O–H groups in total. The summed E-state index contributed by atoms with van der Waals surface area (Å²) < 4.78 is 11.4. The lowest BCUT2D eigenvalue weighted by Crippen LogP contribution is -2.32. The van der Waals surface area contributed by atoms with Crippen LogP contribution in [0, 0.1) is 11.3 Å². The molecule has 0 atom stereocenters. The van der Waals surface area contributed by atoms with Gasteiger partial charge < -0.3 is 9.47 Å². The highest BCUT2D eigenvalue weighted by Crippen LogP contribution is 2.06. The largest absolute Gasteiger partial charge is 0.465 e. The Bertz CT molecular complexity index is 1190. The van der Waals surface area contributed by atoms with Crippen LogP contribution >= 0.6 is 11.3 Å². The van der Waals surface area contributed by atoms with E-state index in [0.29, 0.717) is 11.1 Å². The van der Waals surface area contributed by atoms with E-state index in [9.17, 15) is 19.6 Å². The molecular weight excluding hydrogens is 392 g/mol. The first-order chi connectivity index (χ1) is 14.0. The normalized spacial score (nSPS) is 10.9. The molecule has 0 amide bonds. The van der Waals surface area contributed by atoms with Gasteiger partial charge in [-0.05, 0) is 30.7 Å². The highest BCUT2D eigenvalue weighted by atomic mass is 32.1. The molecule has 0 bridgehead atoms. The summed E-state index contributed by atoms with van der Waals surface area (Å²) >= 11 is 0.984. The standard InChI is InChI=1S/C21H18N2O5S/c1-4-12-28-21(26)16(13-22)19-23(5-2)18(24)17(29-19)11-8-14-6-9-15(10-7-14)20(25)27-3/h4,6-10H,1,5,12H2,2-3H3/b19-16-. The van der Waals surface area contributed by atoms with Crippen LogP contribution in [0.2, 0.25) is 0 Å². The first kappa shape index (κ1) is 21.6. The number of hydrogen-bond acceptors (Lipinski definition) is 7. The average molecular weight is 410 g/mol. The molecule has 0 fully saturated rings. The molecule has 0 unspecified atom stereocenters. The minimum atomic E-state index is -0.815. The predicted molar refractivity (Wildman–Crippen MR) is 109 cm³/mol. The number of hydrogen-bond donors (Lipinski definition) is 0. The quantitative estimate of drug-likeness (QED) is 0.524. The first-order valence-corrected chi connectivity index (χ1v) is 9.35. The molecule has 7 nitrogen and oxygen atoms in total. The minimum Gasteiger partial charge on any atom is -0.465 e. The summed E-state index contributed by atoms with van der Waals surface area (Å²) in [6.07, 6.45) is 2.97. The van der Waals surface area contributed by atoms with E-state index < -0.39 is 11.9 Å². The molecule has 0 aliphatic carbocycles. The Labute approximate surface area is 170 Å². The van der Waals surface area contributed by atoms with Gasteiger partial charge in [0.25, 0.3) is 5.56 Å². The van der Waals surface area contributed by atoms with Crippen LogP contribution in [0.15, 0.2) is 41.7 Å². The first-order valence-electron chi connectivity index (χ1n) is 8.54. The fourth-order valence-corrected chi connectivity index (χ4v) is 3.41. The van der Waals surface area contributed by atoms with Crippen LogP contribution in [0.25, 0.3) is 17.4 Å². The van der Waals surface area contributed by atoms with Crippen molar-refractivity contribution in [2.45, 2.75) is 13.5 Å². The van der Waals surface area contributed by atoms with Gasteiger partial charge in [-0.25, -0.2) is 9.59 Å². The van der Waals surface area contributed by atoms with Crippen molar-refractivity contribution < 1.29 is 19.1 Å². The van der Waals surface area contributed by atoms with E-state index in [1.54, 1.807) is 37.3 Å². The van der Waals surface area contributed by atoms with Gasteiger partial charge in [0.05, 0.1) is 12.7 Å². The van der Waals surface area contributed by atoms with Gasteiger partial charge in [0, 0.05) is 6.54 Å². The van der Waals surface area contributed by atoms with Gasteiger partial charge in [-0.1, -0.05) is 30.5 Å². The second kappa shape index (κ2) is 10.0. The van der Waals surface area contributed by atoms with Crippen molar-refractivity contribution in [1.82, 2.24) is 4.57 Å². The average Bonchev–Trinajstić information content (AvgIpc) is 3.06. The van der Waals surface area contributed by atoms with Gasteiger partial charge in [-0.15, -0.1) is 11.3 Å². The Hall–Kier alpha value is -3.66. The van der Waals surface area contributed by atoms with E-state index in [1.165, 1.54) is 17.8 Å². The summed E-state index contributed by atoms with van der Waals surface area (Å²) in [5, 5.41) is 9.38. The number of nitrogens with zero attached hydrogens (tertiary/aromatic N) is 2. The lowest BCUT2D eigenvalue weighted by atomic mass is 10.1. The highest BCUT2D eigenvalue weighted by Gasteiger charge is 2.16. The summed E-state index contributed by atoms with van der Waals surface area (Å²) in [7, 11) is 1.30. The van der Waals surface area contributed by atoms with Crippen molar-refractivity contribution in [3.63, 3.8) is 0 Å². The van der Waals surface area contributed by atoms with Gasteiger partial charge in [0.15, 0.2) is 5.57 Å². The highest BCUT2D eigenvalue weighted by molar-refractivity contribution is 7.07. The van der Waals surface area contributed by atoms with E-state index >= 15 is 0 Å². The fourth-order valence-electron chi connectivity index (χ4n) is 2.34. The Morgan fingerprint density at radius 1 is 1.31 bits per heavy atom. The van der Waals surface area contributed by atoms with E-state index in [2.05, 4.69) is 17.0 Å². The van der Waals surface area contributed by atoms with Crippen LogP contribution in [-0.4, -0.2) is 30.2 Å². The Morgan fingerprint density at radius 3 is 2.55 bits per heavy atom. The molecule has 0 saturated carbocycles. The number of thiazole rings is 1. The third-order valence-electron chi connectivity index (χ3n) is 3.76. The maximum absolute atomic E-state index is 12.6. The molecule has 2 rings (SSSR count). The van der Waals surface area contributed by atoms with Crippen LogP contribution in [0.5, 0.6) is 0 Å². The number of benzene rings is 1. The smallest absolute Gasteiger partial charge is 0.352 e. The summed E-state index contributed by atoms with van der Waals surface area (Å²) in [5.41, 5.74) is 3.41. The van der Waals surface area contributed by atoms with E-state index in [4.69, 9.17) is 4.74 Å². The Morgan fingerprint density at radius 2 is 2.00 bits per heavy atom. The molecule has 148 valence electrons. The van der Waals surface area contributed by atoms with Crippen molar-refractivity contribution in [1.29, 1.82) is 5.26 Å². The Kier molecular flexibility index (Phi) is 7.49. The molecule has 0 saturated heterocycles. The number of esters is 2. The second-order valence-electron chi connectivity index (χ2n) is 5.56. The molecule has 1 aromatic heterocycles. The lowest BCUT2D eigenvalue weighted by molar-refractivity contribution is -0.135. The second-order valence-corrected chi connectivity index (χ2v) is 6.56. The van der Waals surface area contributed by atoms with Crippen molar-refractivity contribution >= 4 is 40.7 Å². The van der Waals surface area contributed by atoms with E-state index in [0.717, 1.165) is 11.3 Å². The van der Waals surface area contributed by atoms with Crippen molar-refractivity contribution in [2.24, 2.45) is 0 Å². The number of carbonyl (C=O) groups excluding carboxylic acids is 2. The molecule has 8 heteroatoms. The molecule has 29 heavy (non-hydrogen) atoms. The zero-order valence-corrected chi connectivity index (χ0v) is 16.7. The molecule has 1 aromatic carbocycles. The predicted octanol–water partition coefficient (Wildman–Crippen LogP) is 1.21. The molecule has 0 spiro atoms. The molecule has 0 aliphatic rings. The topological polar surface area (TPSA) is 98.4 Å². The summed E-state index contributed by atoms with van der Waals surface area (Å²) in [5.74, 6) is -1.26. The maximum atomic E-state index is 12.6. The molecule has 0 aliphatic heterocycles. The third-order valence-corrected chi connectivity index (χ3v) is 4.88. The van der Waals surface area contributed by atoms with Crippen molar-refractivity contribution in [3.05, 3.63) is 67.6 Å². The van der Waals surface area contributed by atoms with Gasteiger partial charge >= 0.3 is 11.9 Å². The van der Waals surface area contributed by atoms with Gasteiger partial charge in [0.2, 0.25) is 0 Å². The zero-order valence-electron chi connectivity index (χ0n) is 15.9. The van der Waals surface area contributed by atoms with Gasteiger partial charge in [-0.2, -0.15) is 5.26 Å². The number of aromatic nitrogens is 1. The summed E-state index contributed by atoms with van der Waals surface area (Å²) in [6.45, 7) is 5.43. The fraction of sp³-hybridized carbons (Fsp3) is 0.190. The number of nitriles is 1. The number of methoxy groups -OCH3 is 1. The van der Waals surface area contributed by atoms with Crippen LogP contribution in [0.4, 0.5) is 0 Å². The van der Waals surface area contributed by atoms with Gasteiger partial charge in [0.1, 0.15) is 21.9 Å². The molecule has 2 aromatic rings. The van der Waals surface area contributed by atoms with Crippen LogP contribution in [0.3, 0.4) is 0 Å². The van der Waals surface area contributed by atoms with Gasteiger partial charge in [-0.3, -0.25) is 9.36 Å². The van der Waals surface area contributed by atoms with E-state index in [-0.39, 0.29) is 33.5 Å². The minimum absolute atomic E-state index is 0.0355. The maximum Gasteiger partial charge on any atom is 0.352 e. The van der Waals surface area contributed by atoms with Crippen LogP contribution in [-0.2, 0) is 20.8 Å². The summed E-state index contributed by atoms with van der Waals surface area (Å²) in [4.78, 5) is 36.2. The summed E-state index contributed by atoms with van der Waals surface area (Å²) in [6, 6.07) is 8.38.